The van der Waals surface area contributed by atoms with E-state index in [1.54, 1.807) is 0 Å². The van der Waals surface area contributed by atoms with Crippen LogP contribution in [0.1, 0.15) is 64.2 Å². The second-order valence-corrected chi connectivity index (χ2v) is 5.20. The van der Waals surface area contributed by atoms with Gasteiger partial charge in [0.25, 0.3) is 0 Å². The molecule has 1 amide bonds. The van der Waals surface area contributed by atoms with Gasteiger partial charge in [-0.1, -0.05) is 57.9 Å². The Morgan fingerprint density at radius 3 is 1.78 bits per heavy atom. The molecule has 0 radical (unpaired) electrons. The first-order valence-corrected chi connectivity index (χ1v) is 7.95. The van der Waals surface area contributed by atoms with Gasteiger partial charge in [0.2, 0.25) is 5.91 Å². The Hall–Kier alpha value is -0.440. The fourth-order valence-electron chi connectivity index (χ4n) is 1.93. The Balaban J connectivity index is 2.98. The van der Waals surface area contributed by atoms with Gasteiger partial charge in [0.1, 0.15) is 0 Å². The highest BCUT2D eigenvalue weighted by Crippen LogP contribution is 2.10. The summed E-state index contributed by atoms with van der Waals surface area (Å²) in [6.45, 7) is 4.21. The molecule has 0 aromatic carbocycles. The molecule has 1 N–H and O–H groups in total. The van der Waals surface area contributed by atoms with Crippen LogP contribution in [0.4, 0.5) is 0 Å². The van der Waals surface area contributed by atoms with E-state index in [0.29, 0.717) is 0 Å². The van der Waals surface area contributed by atoms with Crippen LogP contribution in [0.15, 0.2) is 12.7 Å². The molecule has 0 saturated heterocycles. The molecular weight excluding hydrogens is 242 g/mol. The normalized spacial score (nSPS) is 10.3. The second-order valence-electron chi connectivity index (χ2n) is 4.75. The van der Waals surface area contributed by atoms with Crippen molar-refractivity contribution in [3.63, 3.8) is 0 Å². The molecular formula is C15H29NOS. The van der Waals surface area contributed by atoms with E-state index in [1.165, 1.54) is 63.9 Å². The SMILES string of the molecule is C=CC(=O)NCCCCCCCCCCCCS. The number of nitrogens with one attached hydrogen (secondary N) is 1. The van der Waals surface area contributed by atoms with Gasteiger partial charge in [0, 0.05) is 6.54 Å². The highest BCUT2D eigenvalue weighted by Gasteiger charge is 1.94. The van der Waals surface area contributed by atoms with Crippen LogP contribution in [0.2, 0.25) is 0 Å². The van der Waals surface area contributed by atoms with Crippen molar-refractivity contribution < 1.29 is 4.79 Å². The Morgan fingerprint density at radius 1 is 0.889 bits per heavy atom. The zero-order valence-corrected chi connectivity index (χ0v) is 12.5. The molecule has 2 nitrogen and oxygen atoms in total. The van der Waals surface area contributed by atoms with Crippen LogP contribution in [0.3, 0.4) is 0 Å². The molecule has 0 aromatic heterocycles. The van der Waals surface area contributed by atoms with Gasteiger partial charge in [-0.3, -0.25) is 4.79 Å². The summed E-state index contributed by atoms with van der Waals surface area (Å²) >= 11 is 4.21. The number of thiol groups is 1. The van der Waals surface area contributed by atoms with E-state index < -0.39 is 0 Å². The number of hydrogen-bond donors (Lipinski definition) is 2. The van der Waals surface area contributed by atoms with Crippen molar-refractivity contribution in [2.24, 2.45) is 0 Å². The molecule has 0 fully saturated rings. The number of rotatable bonds is 13. The molecule has 0 bridgehead atoms. The maximum atomic E-state index is 10.9. The highest BCUT2D eigenvalue weighted by atomic mass is 32.1. The van der Waals surface area contributed by atoms with E-state index in [2.05, 4.69) is 24.5 Å². The van der Waals surface area contributed by atoms with Crippen molar-refractivity contribution in [2.75, 3.05) is 12.3 Å². The summed E-state index contributed by atoms with van der Waals surface area (Å²) in [5, 5.41) is 2.80. The van der Waals surface area contributed by atoms with E-state index in [0.717, 1.165) is 18.7 Å². The molecule has 0 saturated carbocycles. The minimum absolute atomic E-state index is 0.0591. The molecule has 0 atom stereocenters. The van der Waals surface area contributed by atoms with Crippen molar-refractivity contribution in [3.05, 3.63) is 12.7 Å². The number of hydrogen-bond acceptors (Lipinski definition) is 2. The zero-order chi connectivity index (χ0) is 13.5. The van der Waals surface area contributed by atoms with Crippen LogP contribution in [-0.2, 0) is 4.79 Å². The lowest BCUT2D eigenvalue weighted by Gasteiger charge is -2.03. The molecule has 18 heavy (non-hydrogen) atoms. The number of amides is 1. The lowest BCUT2D eigenvalue weighted by Crippen LogP contribution is -2.21. The fraction of sp³-hybridized carbons (Fsp3) is 0.800. The topological polar surface area (TPSA) is 29.1 Å². The molecule has 0 rings (SSSR count). The van der Waals surface area contributed by atoms with Crippen LogP contribution in [0, 0.1) is 0 Å². The summed E-state index contributed by atoms with van der Waals surface area (Å²) in [6, 6.07) is 0. The fourth-order valence-corrected chi connectivity index (χ4v) is 2.16. The van der Waals surface area contributed by atoms with Crippen molar-refractivity contribution >= 4 is 18.5 Å². The monoisotopic (exact) mass is 271 g/mol. The third-order valence-electron chi connectivity index (χ3n) is 3.07. The number of carbonyl (C=O) groups is 1. The molecule has 0 aliphatic carbocycles. The van der Waals surface area contributed by atoms with Crippen LogP contribution < -0.4 is 5.32 Å². The van der Waals surface area contributed by atoms with Crippen LogP contribution in [-0.4, -0.2) is 18.2 Å². The lowest BCUT2D eigenvalue weighted by atomic mass is 10.1. The Kier molecular flexibility index (Phi) is 14.3. The van der Waals surface area contributed by atoms with Crippen molar-refractivity contribution in [1.82, 2.24) is 5.32 Å². The van der Waals surface area contributed by atoms with Crippen LogP contribution >= 0.6 is 12.6 Å². The predicted molar refractivity (Wildman–Crippen MR) is 83.2 cm³/mol. The zero-order valence-electron chi connectivity index (χ0n) is 11.6. The Bertz CT molecular complexity index is 207. The van der Waals surface area contributed by atoms with Crippen molar-refractivity contribution in [3.8, 4) is 0 Å². The molecule has 3 heteroatoms. The minimum Gasteiger partial charge on any atom is -0.353 e. The van der Waals surface area contributed by atoms with Crippen molar-refractivity contribution in [2.45, 2.75) is 64.2 Å². The van der Waals surface area contributed by atoms with Gasteiger partial charge in [-0.25, -0.2) is 0 Å². The average molecular weight is 271 g/mol. The first-order valence-electron chi connectivity index (χ1n) is 7.32. The van der Waals surface area contributed by atoms with Gasteiger partial charge in [-0.2, -0.15) is 12.6 Å². The van der Waals surface area contributed by atoms with Crippen LogP contribution in [0.25, 0.3) is 0 Å². The van der Waals surface area contributed by atoms with Gasteiger partial charge in [0.05, 0.1) is 0 Å². The maximum absolute atomic E-state index is 10.9. The summed E-state index contributed by atoms with van der Waals surface area (Å²) in [5.74, 6) is 0.971. The first kappa shape index (κ1) is 17.6. The van der Waals surface area contributed by atoms with Gasteiger partial charge >= 0.3 is 0 Å². The summed E-state index contributed by atoms with van der Waals surface area (Å²) in [6.07, 6.45) is 14.3. The molecule has 106 valence electrons. The maximum Gasteiger partial charge on any atom is 0.243 e. The summed E-state index contributed by atoms with van der Waals surface area (Å²) < 4.78 is 0. The third-order valence-corrected chi connectivity index (χ3v) is 3.39. The summed E-state index contributed by atoms with van der Waals surface area (Å²) in [4.78, 5) is 10.9. The second kappa shape index (κ2) is 14.6. The molecule has 0 aliphatic heterocycles. The average Bonchev–Trinajstić information content (AvgIpc) is 2.39. The highest BCUT2D eigenvalue weighted by molar-refractivity contribution is 7.80. The molecule has 0 spiro atoms. The lowest BCUT2D eigenvalue weighted by molar-refractivity contribution is -0.116. The van der Waals surface area contributed by atoms with E-state index in [-0.39, 0.29) is 5.91 Å². The van der Waals surface area contributed by atoms with E-state index in [4.69, 9.17) is 0 Å². The smallest absolute Gasteiger partial charge is 0.243 e. The molecule has 0 heterocycles. The van der Waals surface area contributed by atoms with Gasteiger partial charge in [-0.05, 0) is 24.7 Å². The molecule has 0 unspecified atom stereocenters. The van der Waals surface area contributed by atoms with Crippen molar-refractivity contribution in [1.29, 1.82) is 0 Å². The first-order chi connectivity index (χ1) is 8.81. The number of unbranched alkanes of at least 4 members (excludes halogenated alkanes) is 9. The molecule has 0 aliphatic rings. The van der Waals surface area contributed by atoms with E-state index >= 15 is 0 Å². The Labute approximate surface area is 118 Å². The summed E-state index contributed by atoms with van der Waals surface area (Å²) in [5.41, 5.74) is 0. The van der Waals surface area contributed by atoms with Crippen LogP contribution in [0.5, 0.6) is 0 Å². The minimum atomic E-state index is -0.0591. The summed E-state index contributed by atoms with van der Waals surface area (Å²) in [7, 11) is 0. The van der Waals surface area contributed by atoms with Gasteiger partial charge < -0.3 is 5.32 Å². The van der Waals surface area contributed by atoms with Gasteiger partial charge in [0.15, 0.2) is 0 Å². The predicted octanol–water partition coefficient (Wildman–Crippen LogP) is 4.12. The quantitative estimate of drug-likeness (QED) is 0.294. The van der Waals surface area contributed by atoms with E-state index in [9.17, 15) is 4.79 Å². The number of carbonyl (C=O) groups excluding carboxylic acids is 1. The molecule has 0 aromatic rings. The standard InChI is InChI=1S/C15H29NOS/c1-2-15(17)16-13-11-9-7-5-3-4-6-8-10-12-14-18/h2,18H,1,3-14H2,(H,16,17). The third kappa shape index (κ3) is 13.6. The van der Waals surface area contributed by atoms with E-state index in [1.807, 2.05) is 0 Å². The van der Waals surface area contributed by atoms with Gasteiger partial charge in [-0.15, -0.1) is 0 Å². The Morgan fingerprint density at radius 2 is 1.33 bits per heavy atom. The largest absolute Gasteiger partial charge is 0.353 e.